The monoisotopic (exact) mass is 324 g/mol. The molecule has 3 rings (SSSR count). The highest BCUT2D eigenvalue weighted by Gasteiger charge is 2.35. The van der Waals surface area contributed by atoms with Crippen LogP contribution in [0.2, 0.25) is 0 Å². The number of aryl methyl sites for hydroxylation is 1. The van der Waals surface area contributed by atoms with E-state index >= 15 is 0 Å². The second-order valence-electron chi connectivity index (χ2n) is 5.70. The molecule has 0 saturated heterocycles. The van der Waals surface area contributed by atoms with Gasteiger partial charge in [-0.2, -0.15) is 0 Å². The minimum Gasteiger partial charge on any atom is -0.346 e. The third kappa shape index (κ3) is 3.35. The molecule has 0 N–H and O–H groups in total. The molecule has 0 unspecified atom stereocenters. The molecule has 4 heteroatoms. The fourth-order valence-electron chi connectivity index (χ4n) is 3.20. The van der Waals surface area contributed by atoms with Gasteiger partial charge in [-0.3, -0.25) is 0 Å². The van der Waals surface area contributed by atoms with Crippen LogP contribution in [0.15, 0.2) is 61.2 Å². The van der Waals surface area contributed by atoms with Crippen molar-refractivity contribution in [2.24, 2.45) is 0 Å². The van der Waals surface area contributed by atoms with Crippen molar-refractivity contribution in [3.8, 4) is 0 Å². The lowest BCUT2D eigenvalue weighted by Gasteiger charge is -2.35. The molecule has 0 bridgehead atoms. The zero-order valence-corrected chi connectivity index (χ0v) is 14.3. The molecular weight excluding hydrogens is 300 g/mol. The highest BCUT2D eigenvalue weighted by atomic mass is 16.7. The van der Waals surface area contributed by atoms with Gasteiger partial charge in [0.1, 0.15) is 0 Å². The first-order chi connectivity index (χ1) is 11.8. The molecule has 3 aromatic rings. The van der Waals surface area contributed by atoms with E-state index in [-0.39, 0.29) is 0 Å². The number of nitrogens with zero attached hydrogens (tertiary/aromatic N) is 2. The normalized spacial score (nSPS) is 11.9. The Kier molecular flexibility index (Phi) is 5.28. The summed E-state index contributed by atoms with van der Waals surface area (Å²) < 4.78 is 14.5. The Labute approximate surface area is 143 Å². The summed E-state index contributed by atoms with van der Waals surface area (Å²) in [7, 11) is 0. The Morgan fingerprint density at radius 1 is 1.00 bits per heavy atom. The molecule has 0 radical (unpaired) electrons. The van der Waals surface area contributed by atoms with E-state index in [2.05, 4.69) is 52.0 Å². The molecule has 0 atom stereocenters. The molecule has 24 heavy (non-hydrogen) atoms. The lowest BCUT2D eigenvalue weighted by atomic mass is 9.95. The van der Waals surface area contributed by atoms with Gasteiger partial charge in [0, 0.05) is 44.1 Å². The van der Waals surface area contributed by atoms with Crippen LogP contribution in [0.4, 0.5) is 0 Å². The Bertz CT molecular complexity index is 757. The van der Waals surface area contributed by atoms with E-state index in [9.17, 15) is 0 Å². The summed E-state index contributed by atoms with van der Waals surface area (Å²) >= 11 is 0. The highest BCUT2D eigenvalue weighted by Crippen LogP contribution is 2.36. The maximum absolute atomic E-state index is 6.21. The average molecular weight is 324 g/mol. The number of ether oxygens (including phenoxy) is 2. The smallest absolute Gasteiger partial charge is 0.197 e. The molecule has 0 aliphatic heterocycles. The van der Waals surface area contributed by atoms with Crippen LogP contribution in [-0.4, -0.2) is 22.8 Å². The number of fused-ring (bicyclic) bond motifs is 1. The molecule has 4 nitrogen and oxygen atoms in total. The number of benzene rings is 2. The lowest BCUT2D eigenvalue weighted by Crippen LogP contribution is -2.35. The van der Waals surface area contributed by atoms with Crippen LogP contribution in [0.5, 0.6) is 0 Å². The third-order valence-corrected chi connectivity index (χ3v) is 4.21. The molecule has 0 fully saturated rings. The Morgan fingerprint density at radius 3 is 2.46 bits per heavy atom. The van der Waals surface area contributed by atoms with Gasteiger partial charge < -0.3 is 14.0 Å². The molecule has 0 spiro atoms. The largest absolute Gasteiger partial charge is 0.346 e. The number of hydrogen-bond acceptors (Lipinski definition) is 3. The fraction of sp³-hybridized carbons (Fsp3) is 0.350. The maximum Gasteiger partial charge on any atom is 0.197 e. The highest BCUT2D eigenvalue weighted by molar-refractivity contribution is 5.86. The average Bonchev–Trinajstić information content (AvgIpc) is 3.13. The van der Waals surface area contributed by atoms with E-state index in [0.717, 1.165) is 18.5 Å². The first kappa shape index (κ1) is 16.7. The van der Waals surface area contributed by atoms with Crippen LogP contribution in [0.1, 0.15) is 25.8 Å². The predicted octanol–water partition coefficient (Wildman–Crippen LogP) is 4.35. The molecule has 0 aliphatic carbocycles. The molecule has 0 amide bonds. The van der Waals surface area contributed by atoms with Crippen molar-refractivity contribution < 1.29 is 9.47 Å². The lowest BCUT2D eigenvalue weighted by molar-refractivity contribution is -0.247. The van der Waals surface area contributed by atoms with Crippen molar-refractivity contribution >= 4 is 10.8 Å². The Morgan fingerprint density at radius 2 is 1.75 bits per heavy atom. The standard InChI is InChI=1S/C20H24N2O2/c1-3-23-20(24-4-2,12-14-22-15-13-21-16-22)19-11-7-9-17-8-5-6-10-18(17)19/h5-11,13,15-16H,3-4,12,14H2,1-2H3. The maximum atomic E-state index is 6.21. The van der Waals surface area contributed by atoms with Crippen molar-refractivity contribution in [3.63, 3.8) is 0 Å². The van der Waals surface area contributed by atoms with E-state index in [0.29, 0.717) is 13.2 Å². The van der Waals surface area contributed by atoms with Gasteiger partial charge in [-0.1, -0.05) is 42.5 Å². The second kappa shape index (κ2) is 7.60. The van der Waals surface area contributed by atoms with Crippen LogP contribution in [-0.2, 0) is 21.8 Å². The van der Waals surface area contributed by atoms with Crippen LogP contribution < -0.4 is 0 Å². The van der Waals surface area contributed by atoms with Crippen molar-refractivity contribution in [1.29, 1.82) is 0 Å². The molecule has 0 saturated carbocycles. The summed E-state index contributed by atoms with van der Waals surface area (Å²) in [6.07, 6.45) is 6.30. The quantitative estimate of drug-likeness (QED) is 0.578. The molecule has 2 aromatic carbocycles. The molecule has 0 aliphatic rings. The van der Waals surface area contributed by atoms with Crippen molar-refractivity contribution in [2.75, 3.05) is 13.2 Å². The van der Waals surface area contributed by atoms with E-state index < -0.39 is 5.79 Å². The van der Waals surface area contributed by atoms with Crippen molar-refractivity contribution in [3.05, 3.63) is 66.7 Å². The van der Waals surface area contributed by atoms with Crippen LogP contribution >= 0.6 is 0 Å². The van der Waals surface area contributed by atoms with Gasteiger partial charge in [-0.15, -0.1) is 0 Å². The summed E-state index contributed by atoms with van der Waals surface area (Å²) in [6.45, 7) is 5.98. The van der Waals surface area contributed by atoms with E-state index in [1.54, 1.807) is 6.20 Å². The zero-order valence-electron chi connectivity index (χ0n) is 14.3. The Hall–Kier alpha value is -2.17. The van der Waals surface area contributed by atoms with E-state index in [4.69, 9.17) is 9.47 Å². The minimum absolute atomic E-state index is 0.590. The SMILES string of the molecule is CCOC(CCn1ccnc1)(OCC)c1cccc2ccccc12. The Balaban J connectivity index is 2.04. The second-order valence-corrected chi connectivity index (χ2v) is 5.70. The fourth-order valence-corrected chi connectivity index (χ4v) is 3.20. The summed E-state index contributed by atoms with van der Waals surface area (Å²) in [5.74, 6) is -0.755. The van der Waals surface area contributed by atoms with Crippen LogP contribution in [0.3, 0.4) is 0 Å². The topological polar surface area (TPSA) is 36.3 Å². The van der Waals surface area contributed by atoms with Gasteiger partial charge in [0.05, 0.1) is 6.33 Å². The van der Waals surface area contributed by atoms with E-state index in [1.807, 2.05) is 26.4 Å². The first-order valence-corrected chi connectivity index (χ1v) is 8.51. The number of hydrogen-bond donors (Lipinski definition) is 0. The third-order valence-electron chi connectivity index (χ3n) is 4.21. The molecular formula is C20H24N2O2. The van der Waals surface area contributed by atoms with Gasteiger partial charge in [0.15, 0.2) is 5.79 Å². The molecule has 126 valence electrons. The number of aromatic nitrogens is 2. The van der Waals surface area contributed by atoms with E-state index in [1.165, 1.54) is 10.8 Å². The van der Waals surface area contributed by atoms with Crippen molar-refractivity contribution in [1.82, 2.24) is 9.55 Å². The number of rotatable bonds is 8. The summed E-state index contributed by atoms with van der Waals surface area (Å²) in [4.78, 5) is 4.12. The number of imidazole rings is 1. The van der Waals surface area contributed by atoms with Gasteiger partial charge in [0.2, 0.25) is 0 Å². The first-order valence-electron chi connectivity index (χ1n) is 8.51. The van der Waals surface area contributed by atoms with Gasteiger partial charge in [-0.05, 0) is 24.6 Å². The molecule has 1 heterocycles. The van der Waals surface area contributed by atoms with Gasteiger partial charge in [-0.25, -0.2) is 4.98 Å². The van der Waals surface area contributed by atoms with Gasteiger partial charge in [0.25, 0.3) is 0 Å². The predicted molar refractivity (Wildman–Crippen MR) is 95.7 cm³/mol. The van der Waals surface area contributed by atoms with Crippen LogP contribution in [0, 0.1) is 0 Å². The minimum atomic E-state index is -0.755. The summed E-state index contributed by atoms with van der Waals surface area (Å²) in [5.41, 5.74) is 1.09. The van der Waals surface area contributed by atoms with Crippen molar-refractivity contribution in [2.45, 2.75) is 32.6 Å². The summed E-state index contributed by atoms with van der Waals surface area (Å²) in [6, 6.07) is 14.7. The van der Waals surface area contributed by atoms with Gasteiger partial charge >= 0.3 is 0 Å². The zero-order chi connectivity index (χ0) is 16.8. The van der Waals surface area contributed by atoms with Crippen LogP contribution in [0.25, 0.3) is 10.8 Å². The summed E-state index contributed by atoms with van der Waals surface area (Å²) in [5, 5.41) is 2.37. The molecule has 1 aromatic heterocycles.